The van der Waals surface area contributed by atoms with Gasteiger partial charge < -0.3 is 14.5 Å². The molecule has 1 atom stereocenters. The molecule has 0 saturated carbocycles. The molecule has 0 saturated heterocycles. The Bertz CT molecular complexity index is 875. The summed E-state index contributed by atoms with van der Waals surface area (Å²) in [6.07, 6.45) is 2.17. The van der Waals surface area contributed by atoms with Crippen LogP contribution in [0.3, 0.4) is 0 Å². The van der Waals surface area contributed by atoms with Crippen molar-refractivity contribution in [2.45, 2.75) is 53.0 Å². The minimum atomic E-state index is -0.132. The molecule has 168 valence electrons. The van der Waals surface area contributed by atoms with Crippen LogP contribution in [0.5, 0.6) is 5.75 Å². The number of amides is 2. The molecule has 2 heterocycles. The lowest BCUT2D eigenvalue weighted by Gasteiger charge is -2.37. The lowest BCUT2D eigenvalue weighted by Crippen LogP contribution is -2.48. The second-order valence-corrected chi connectivity index (χ2v) is 9.69. The third-order valence-electron chi connectivity index (χ3n) is 5.60. The van der Waals surface area contributed by atoms with Crippen LogP contribution in [0.25, 0.3) is 0 Å². The molecule has 1 unspecified atom stereocenters. The molecule has 2 amide bonds. The van der Waals surface area contributed by atoms with E-state index in [9.17, 15) is 9.59 Å². The summed E-state index contributed by atoms with van der Waals surface area (Å²) >= 11 is 1.74. The van der Waals surface area contributed by atoms with Gasteiger partial charge in [-0.3, -0.25) is 9.59 Å². The molecule has 6 heteroatoms. The van der Waals surface area contributed by atoms with Gasteiger partial charge in [-0.1, -0.05) is 38.5 Å². The lowest BCUT2D eigenvalue weighted by molar-refractivity contribution is -0.143. The van der Waals surface area contributed by atoms with E-state index >= 15 is 0 Å². The highest BCUT2D eigenvalue weighted by Crippen LogP contribution is 2.34. The van der Waals surface area contributed by atoms with E-state index in [1.165, 1.54) is 16.0 Å². The molecule has 0 N–H and O–H groups in total. The highest BCUT2D eigenvalue weighted by molar-refractivity contribution is 7.10. The Kier molecular flexibility index (Phi) is 8.13. The summed E-state index contributed by atoms with van der Waals surface area (Å²) in [7, 11) is 0. The van der Waals surface area contributed by atoms with Crippen LogP contribution in [0.4, 0.5) is 0 Å². The highest BCUT2D eigenvalue weighted by atomic mass is 32.1. The molecule has 5 nitrogen and oxygen atoms in total. The number of fused-ring (bicyclic) bond motifs is 1. The SMILES string of the molecule is CCCN(CC(=O)N1CCc2sccc2C1COc1ccc(C)cc1)C(=O)CC(C)C. The van der Waals surface area contributed by atoms with E-state index < -0.39 is 0 Å². The van der Waals surface area contributed by atoms with Crippen molar-refractivity contribution >= 4 is 23.2 Å². The predicted octanol–water partition coefficient (Wildman–Crippen LogP) is 4.85. The summed E-state index contributed by atoms with van der Waals surface area (Å²) in [6.45, 7) is 9.97. The maximum absolute atomic E-state index is 13.4. The summed E-state index contributed by atoms with van der Waals surface area (Å²) in [5.74, 6) is 1.15. The molecule has 0 spiro atoms. The zero-order chi connectivity index (χ0) is 22.4. The number of rotatable bonds is 9. The van der Waals surface area contributed by atoms with Crippen LogP contribution in [0.2, 0.25) is 0 Å². The zero-order valence-electron chi connectivity index (χ0n) is 19.1. The Morgan fingerprint density at radius 1 is 1.23 bits per heavy atom. The van der Waals surface area contributed by atoms with Crippen molar-refractivity contribution in [3.63, 3.8) is 0 Å². The van der Waals surface area contributed by atoms with Crippen molar-refractivity contribution < 1.29 is 14.3 Å². The van der Waals surface area contributed by atoms with Gasteiger partial charge in [-0.2, -0.15) is 0 Å². The maximum Gasteiger partial charge on any atom is 0.242 e. The first-order chi connectivity index (χ1) is 14.9. The molecule has 31 heavy (non-hydrogen) atoms. The molecule has 0 fully saturated rings. The fourth-order valence-electron chi connectivity index (χ4n) is 3.98. The van der Waals surface area contributed by atoms with E-state index in [0.717, 1.165) is 18.6 Å². The predicted molar refractivity (Wildman–Crippen MR) is 125 cm³/mol. The second kappa shape index (κ2) is 10.8. The summed E-state index contributed by atoms with van der Waals surface area (Å²) in [5, 5.41) is 2.09. The molecule has 0 bridgehead atoms. The van der Waals surface area contributed by atoms with Crippen molar-refractivity contribution in [2.24, 2.45) is 5.92 Å². The average Bonchev–Trinajstić information content (AvgIpc) is 3.21. The van der Waals surface area contributed by atoms with Gasteiger partial charge in [-0.15, -0.1) is 11.3 Å². The van der Waals surface area contributed by atoms with Gasteiger partial charge in [0.1, 0.15) is 12.4 Å². The number of carbonyl (C=O) groups excluding carboxylic acids is 2. The molecule has 2 aromatic rings. The third-order valence-corrected chi connectivity index (χ3v) is 6.60. The average molecular weight is 443 g/mol. The van der Waals surface area contributed by atoms with E-state index in [-0.39, 0.29) is 30.3 Å². The van der Waals surface area contributed by atoms with Crippen LogP contribution in [0.15, 0.2) is 35.7 Å². The number of hydrogen-bond donors (Lipinski definition) is 0. The lowest BCUT2D eigenvalue weighted by atomic mass is 10.00. The fourth-order valence-corrected chi connectivity index (χ4v) is 4.91. The molecule has 1 aromatic carbocycles. The second-order valence-electron chi connectivity index (χ2n) is 8.69. The highest BCUT2D eigenvalue weighted by Gasteiger charge is 2.33. The van der Waals surface area contributed by atoms with E-state index in [0.29, 0.717) is 26.1 Å². The van der Waals surface area contributed by atoms with Gasteiger partial charge in [0.2, 0.25) is 11.8 Å². The van der Waals surface area contributed by atoms with Gasteiger partial charge in [0.05, 0.1) is 12.6 Å². The molecule has 0 aliphatic carbocycles. The van der Waals surface area contributed by atoms with Crippen LogP contribution in [0.1, 0.15) is 55.7 Å². The number of thiophene rings is 1. The van der Waals surface area contributed by atoms with Crippen LogP contribution in [0, 0.1) is 12.8 Å². The number of hydrogen-bond acceptors (Lipinski definition) is 4. The first kappa shape index (κ1) is 23.3. The number of carbonyl (C=O) groups is 2. The Labute approximate surface area is 190 Å². The quantitative estimate of drug-likeness (QED) is 0.558. The summed E-state index contributed by atoms with van der Waals surface area (Å²) in [4.78, 5) is 31.0. The van der Waals surface area contributed by atoms with Gasteiger partial charge in [-0.05, 0) is 54.8 Å². The van der Waals surface area contributed by atoms with Crippen LogP contribution in [-0.2, 0) is 16.0 Å². The Balaban J connectivity index is 1.74. The fraction of sp³-hybridized carbons (Fsp3) is 0.520. The van der Waals surface area contributed by atoms with Crippen molar-refractivity contribution in [1.82, 2.24) is 9.80 Å². The standard InChI is InChI=1S/C25H34N2O3S/c1-5-12-26(24(28)15-18(2)3)16-25(29)27-13-10-23-21(11-14-31-23)22(27)17-30-20-8-6-19(4)7-9-20/h6-9,11,14,18,22H,5,10,12-13,15-17H2,1-4H3. The van der Waals surface area contributed by atoms with E-state index in [4.69, 9.17) is 4.74 Å². The smallest absolute Gasteiger partial charge is 0.242 e. The largest absolute Gasteiger partial charge is 0.491 e. The van der Waals surface area contributed by atoms with Crippen LogP contribution >= 0.6 is 11.3 Å². The number of ether oxygens (including phenoxy) is 1. The molecular formula is C25H34N2O3S. The summed E-state index contributed by atoms with van der Waals surface area (Å²) < 4.78 is 6.09. The summed E-state index contributed by atoms with van der Waals surface area (Å²) in [5.41, 5.74) is 2.36. The molecule has 1 aromatic heterocycles. The monoisotopic (exact) mass is 442 g/mol. The van der Waals surface area contributed by atoms with Gasteiger partial charge in [-0.25, -0.2) is 0 Å². The van der Waals surface area contributed by atoms with Gasteiger partial charge >= 0.3 is 0 Å². The molecule has 1 aliphatic heterocycles. The van der Waals surface area contributed by atoms with Gasteiger partial charge in [0.15, 0.2) is 0 Å². The Morgan fingerprint density at radius 3 is 2.65 bits per heavy atom. The number of nitrogens with zero attached hydrogens (tertiary/aromatic N) is 2. The first-order valence-electron chi connectivity index (χ1n) is 11.2. The maximum atomic E-state index is 13.4. The van der Waals surface area contributed by atoms with Crippen molar-refractivity contribution in [3.8, 4) is 5.75 Å². The van der Waals surface area contributed by atoms with Crippen molar-refractivity contribution in [2.75, 3.05) is 26.2 Å². The van der Waals surface area contributed by atoms with Gasteiger partial charge in [0, 0.05) is 24.4 Å². The number of benzene rings is 1. The minimum absolute atomic E-state index is 0.0000813. The van der Waals surface area contributed by atoms with Gasteiger partial charge in [0.25, 0.3) is 0 Å². The zero-order valence-corrected chi connectivity index (χ0v) is 19.9. The number of aryl methyl sites for hydroxylation is 1. The summed E-state index contributed by atoms with van der Waals surface area (Å²) in [6, 6.07) is 9.96. The molecule has 0 radical (unpaired) electrons. The van der Waals surface area contributed by atoms with E-state index in [2.05, 4.69) is 11.4 Å². The van der Waals surface area contributed by atoms with Crippen molar-refractivity contribution in [1.29, 1.82) is 0 Å². The Hall–Kier alpha value is -2.34. The van der Waals surface area contributed by atoms with Crippen LogP contribution in [-0.4, -0.2) is 47.9 Å². The Morgan fingerprint density at radius 2 is 1.97 bits per heavy atom. The normalized spacial score (nSPS) is 15.6. The first-order valence-corrected chi connectivity index (χ1v) is 12.1. The third kappa shape index (κ3) is 6.10. The molecule has 1 aliphatic rings. The van der Waals surface area contributed by atoms with E-state index in [1.54, 1.807) is 16.2 Å². The van der Waals surface area contributed by atoms with E-state index in [1.807, 2.05) is 56.9 Å². The van der Waals surface area contributed by atoms with Crippen molar-refractivity contribution in [3.05, 3.63) is 51.7 Å². The van der Waals surface area contributed by atoms with Crippen LogP contribution < -0.4 is 4.74 Å². The minimum Gasteiger partial charge on any atom is -0.491 e. The molecule has 3 rings (SSSR count). The molecular weight excluding hydrogens is 408 g/mol. The topological polar surface area (TPSA) is 49.9 Å².